The van der Waals surface area contributed by atoms with E-state index in [0.29, 0.717) is 30.1 Å². The van der Waals surface area contributed by atoms with Crippen LogP contribution < -0.4 is 24.9 Å². The van der Waals surface area contributed by atoms with Crippen LogP contribution in [-0.2, 0) is 24.1 Å². The number of piperidine rings is 1. The van der Waals surface area contributed by atoms with Crippen LogP contribution in [0.3, 0.4) is 0 Å². The molecule has 238 valence electrons. The number of ether oxygens (including phenoxy) is 2. The molecule has 45 heavy (non-hydrogen) atoms. The molecule has 0 spiro atoms. The molecule has 3 aliphatic rings. The van der Waals surface area contributed by atoms with Crippen molar-refractivity contribution in [2.24, 2.45) is 0 Å². The smallest absolute Gasteiger partial charge is 0.415 e. The Labute approximate surface area is 264 Å². The summed E-state index contributed by atoms with van der Waals surface area (Å²) in [6, 6.07) is 25.2. The second-order valence-corrected chi connectivity index (χ2v) is 18.9. The Hall–Kier alpha value is -3.71. The lowest BCUT2D eigenvalue weighted by Crippen LogP contribution is -2.68. The molecule has 10 nitrogen and oxygen atoms in total. The van der Waals surface area contributed by atoms with E-state index in [1.54, 1.807) is 23.1 Å². The Morgan fingerprint density at radius 1 is 0.978 bits per heavy atom. The fourth-order valence-electron chi connectivity index (χ4n) is 6.84. The zero-order valence-corrected chi connectivity index (χ0v) is 27.6. The molecule has 3 aliphatic heterocycles. The average molecular weight is 651 g/mol. The molecule has 0 saturated carbocycles. The fourth-order valence-corrected chi connectivity index (χ4v) is 12.1. The van der Waals surface area contributed by atoms with Crippen molar-refractivity contribution in [1.29, 1.82) is 0 Å². The molecule has 4 atom stereocenters. The highest BCUT2D eigenvalue weighted by molar-refractivity contribution is 7.86. The number of rotatable bonds is 7. The van der Waals surface area contributed by atoms with Crippen molar-refractivity contribution in [2.45, 2.75) is 69.1 Å². The largest absolute Gasteiger partial charge is 0.489 e. The van der Waals surface area contributed by atoms with Crippen molar-refractivity contribution < 1.29 is 36.5 Å². The van der Waals surface area contributed by atoms with Crippen LogP contribution >= 0.6 is 0 Å². The van der Waals surface area contributed by atoms with Gasteiger partial charge in [-0.2, -0.15) is 8.42 Å². The second-order valence-electron chi connectivity index (χ2n) is 12.9. The molecule has 1 unspecified atom stereocenters. The normalized spacial score (nSPS) is 22.7. The molecule has 0 aromatic heterocycles. The number of nitrogens with zero attached hydrogens (tertiary/aromatic N) is 2. The molecule has 2 amide bonds. The van der Waals surface area contributed by atoms with Crippen LogP contribution in [0.2, 0.25) is 5.04 Å². The zero-order valence-electron chi connectivity index (χ0n) is 25.8. The number of anilines is 2. The summed E-state index contributed by atoms with van der Waals surface area (Å²) in [5.74, 6) is 0.319. The fraction of sp³-hybridized carbons (Fsp3) is 0.394. The Morgan fingerprint density at radius 2 is 1.60 bits per heavy atom. The maximum Gasteiger partial charge on any atom is 0.415 e. The van der Waals surface area contributed by atoms with Gasteiger partial charge in [-0.3, -0.25) is 14.2 Å². The summed E-state index contributed by atoms with van der Waals surface area (Å²) < 4.78 is 51.6. The van der Waals surface area contributed by atoms with Gasteiger partial charge in [0.25, 0.3) is 18.4 Å². The van der Waals surface area contributed by atoms with Crippen LogP contribution in [0.25, 0.3) is 0 Å². The number of hydrogen-bond donors (Lipinski definition) is 1. The van der Waals surface area contributed by atoms with Crippen molar-refractivity contribution in [3.63, 3.8) is 0 Å². The average Bonchev–Trinajstić information content (AvgIpc) is 3.35. The topological polar surface area (TPSA) is 123 Å². The molecule has 3 aromatic carbocycles. The van der Waals surface area contributed by atoms with Crippen LogP contribution in [0, 0.1) is 0 Å². The molecule has 6 rings (SSSR count). The quantitative estimate of drug-likeness (QED) is 0.300. The number of hydrogen-bond acceptors (Lipinski definition) is 7. The third-order valence-corrected chi connectivity index (χ3v) is 15.4. The first-order chi connectivity index (χ1) is 21.3. The first-order valence-corrected chi connectivity index (χ1v) is 18.5. The van der Waals surface area contributed by atoms with Crippen LogP contribution in [0.4, 0.5) is 16.2 Å². The highest BCUT2D eigenvalue weighted by Gasteiger charge is 2.53. The van der Waals surface area contributed by atoms with Crippen LogP contribution in [0.15, 0.2) is 78.9 Å². The van der Waals surface area contributed by atoms with Crippen molar-refractivity contribution in [3.05, 3.63) is 78.9 Å². The van der Waals surface area contributed by atoms with Gasteiger partial charge in [0.15, 0.2) is 0 Å². The minimum Gasteiger partial charge on any atom is -0.489 e. The van der Waals surface area contributed by atoms with E-state index < -0.39 is 41.9 Å². The number of fused-ring (bicyclic) bond motifs is 3. The van der Waals surface area contributed by atoms with E-state index >= 15 is 0 Å². The van der Waals surface area contributed by atoms with Crippen LogP contribution in [0.1, 0.15) is 40.5 Å². The van der Waals surface area contributed by atoms with E-state index in [4.69, 9.17) is 13.9 Å². The summed E-state index contributed by atoms with van der Waals surface area (Å²) in [6.45, 7) is 8.38. The standard InChI is InChI=1S/C33H38N2O8SSi/c1-22(44(38,39)40)31-28-21-41-29-19-23(15-16-27(29)35(28)32(37)42-31)34-18-17-24(20-30(34)36)43-45(33(2,3)4,25-11-7-5-8-12-25)26-13-9-6-10-14-26/h5-16,19,22,24,28,31H,17-18,20-21H2,1-4H3,(H,38,39,40)/t22?,24-,28+,31+/m1/s1. The Balaban J connectivity index is 1.23. The first-order valence-electron chi connectivity index (χ1n) is 15.1. The van der Waals surface area contributed by atoms with E-state index in [-0.39, 0.29) is 30.1 Å². The summed E-state index contributed by atoms with van der Waals surface area (Å²) in [4.78, 5) is 29.5. The molecular weight excluding hydrogens is 613 g/mol. The Bertz CT molecular complexity index is 1660. The molecule has 12 heteroatoms. The molecule has 2 saturated heterocycles. The van der Waals surface area contributed by atoms with Crippen molar-refractivity contribution in [2.75, 3.05) is 23.0 Å². The van der Waals surface area contributed by atoms with Crippen LogP contribution in [0.5, 0.6) is 5.75 Å². The summed E-state index contributed by atoms with van der Waals surface area (Å²) in [5, 5.41) is 0.805. The van der Waals surface area contributed by atoms with Gasteiger partial charge in [-0.25, -0.2) is 4.79 Å². The van der Waals surface area contributed by atoms with Gasteiger partial charge < -0.3 is 18.8 Å². The molecule has 1 N–H and O–H groups in total. The van der Waals surface area contributed by atoms with Crippen LogP contribution in [-0.4, -0.2) is 69.9 Å². The number of amides is 2. The summed E-state index contributed by atoms with van der Waals surface area (Å²) in [7, 11) is -7.26. The zero-order chi connectivity index (χ0) is 32.1. The first kappa shape index (κ1) is 31.3. The third kappa shape index (κ3) is 5.54. The summed E-state index contributed by atoms with van der Waals surface area (Å²) in [5.41, 5.74) is 1.05. The van der Waals surface area contributed by atoms with Crippen molar-refractivity contribution in [1.82, 2.24) is 0 Å². The maximum atomic E-state index is 13.7. The van der Waals surface area contributed by atoms with Gasteiger partial charge in [-0.15, -0.1) is 0 Å². The monoisotopic (exact) mass is 650 g/mol. The van der Waals surface area contributed by atoms with Crippen molar-refractivity contribution >= 4 is 52.2 Å². The third-order valence-electron chi connectivity index (χ3n) is 9.14. The van der Waals surface area contributed by atoms with Gasteiger partial charge in [-0.05, 0) is 40.9 Å². The summed E-state index contributed by atoms with van der Waals surface area (Å²) in [6.07, 6.45) is -1.20. The Kier molecular flexibility index (Phi) is 8.05. The molecule has 3 aromatic rings. The van der Waals surface area contributed by atoms with Crippen molar-refractivity contribution in [3.8, 4) is 5.75 Å². The predicted octanol–water partition coefficient (Wildman–Crippen LogP) is 4.12. The lowest BCUT2D eigenvalue weighted by atomic mass is 10.0. The summed E-state index contributed by atoms with van der Waals surface area (Å²) >= 11 is 0. The number of carbonyl (C=O) groups excluding carboxylic acids is 2. The van der Waals surface area contributed by atoms with E-state index in [1.807, 2.05) is 36.4 Å². The lowest BCUT2D eigenvalue weighted by Gasteiger charge is -2.46. The van der Waals surface area contributed by atoms with Gasteiger partial charge in [0, 0.05) is 18.3 Å². The molecule has 0 aliphatic carbocycles. The predicted molar refractivity (Wildman–Crippen MR) is 174 cm³/mol. The molecular formula is C33H38N2O8SSi. The number of carbonyl (C=O) groups is 2. The van der Waals surface area contributed by atoms with Gasteiger partial charge >= 0.3 is 6.09 Å². The highest BCUT2D eigenvalue weighted by atomic mass is 32.2. The number of benzene rings is 3. The van der Waals surface area contributed by atoms with E-state index in [9.17, 15) is 22.6 Å². The molecule has 0 bridgehead atoms. The minimum absolute atomic E-state index is 0.0188. The van der Waals surface area contributed by atoms with Gasteiger partial charge in [0.1, 0.15) is 29.8 Å². The molecule has 2 fully saturated rings. The van der Waals surface area contributed by atoms with Gasteiger partial charge in [0.2, 0.25) is 5.91 Å². The SMILES string of the molecule is CC([C@@H]1OC(=O)N2c3ccc(N4CC[C@@H](O[Si](c5ccccc5)(c5ccccc5)C(C)(C)C)CC4=O)cc3OC[C@@H]12)S(=O)(=O)O. The van der Waals surface area contributed by atoms with E-state index in [2.05, 4.69) is 45.0 Å². The Morgan fingerprint density at radius 3 is 2.16 bits per heavy atom. The highest BCUT2D eigenvalue weighted by Crippen LogP contribution is 2.43. The van der Waals surface area contributed by atoms with Gasteiger partial charge in [-0.1, -0.05) is 81.4 Å². The van der Waals surface area contributed by atoms with Gasteiger partial charge in [0.05, 0.1) is 18.2 Å². The van der Waals surface area contributed by atoms with E-state index in [0.717, 1.165) is 10.4 Å². The lowest BCUT2D eigenvalue weighted by molar-refractivity contribution is -0.121. The molecule has 3 heterocycles. The molecule has 0 radical (unpaired) electrons. The maximum absolute atomic E-state index is 13.7. The van der Waals surface area contributed by atoms with E-state index in [1.165, 1.54) is 11.8 Å². The number of cyclic esters (lactones) is 1. The second kappa shape index (κ2) is 11.6. The minimum atomic E-state index is -4.43.